The highest BCUT2D eigenvalue weighted by Crippen LogP contribution is 2.39. The molecule has 1 N–H and O–H groups in total. The van der Waals surface area contributed by atoms with Gasteiger partial charge in [-0.25, -0.2) is 0 Å². The molecule has 27 heavy (non-hydrogen) atoms. The molecule has 3 aromatic rings. The molecule has 0 unspecified atom stereocenters. The maximum absolute atomic E-state index is 8.85. The fourth-order valence-electron chi connectivity index (χ4n) is 3.83. The Labute approximate surface area is 160 Å². The van der Waals surface area contributed by atoms with Gasteiger partial charge >= 0.3 is 0 Å². The van der Waals surface area contributed by atoms with E-state index in [-0.39, 0.29) is 5.41 Å². The minimum absolute atomic E-state index is 0.219. The zero-order chi connectivity index (χ0) is 19.0. The van der Waals surface area contributed by atoms with E-state index in [2.05, 4.69) is 86.2 Å². The van der Waals surface area contributed by atoms with E-state index in [1.165, 1.54) is 16.3 Å². The summed E-state index contributed by atoms with van der Waals surface area (Å²) in [5.74, 6) is 0. The predicted molar refractivity (Wildman–Crippen MR) is 116 cm³/mol. The highest BCUT2D eigenvalue weighted by Gasteiger charge is 2.31. The van der Waals surface area contributed by atoms with Crippen molar-refractivity contribution in [3.8, 4) is 11.1 Å². The van der Waals surface area contributed by atoms with Gasteiger partial charge in [0.15, 0.2) is 0 Å². The molecule has 1 aliphatic rings. The fourth-order valence-corrected chi connectivity index (χ4v) is 3.83. The lowest BCUT2D eigenvalue weighted by atomic mass is 9.81. The highest BCUT2D eigenvalue weighted by atomic mass is 14.7. The Morgan fingerprint density at radius 2 is 1.70 bits per heavy atom. The molecule has 1 aliphatic carbocycles. The van der Waals surface area contributed by atoms with Crippen LogP contribution in [0.1, 0.15) is 19.4 Å². The quantitative estimate of drug-likeness (QED) is 0.527. The lowest BCUT2D eigenvalue weighted by Crippen LogP contribution is -2.18. The van der Waals surface area contributed by atoms with Crippen molar-refractivity contribution in [3.63, 3.8) is 0 Å². The lowest BCUT2D eigenvalue weighted by Gasteiger charge is -2.22. The summed E-state index contributed by atoms with van der Waals surface area (Å²) in [5.41, 5.74) is 5.20. The number of aliphatic imine (C=N–C) groups is 1. The van der Waals surface area contributed by atoms with Crippen molar-refractivity contribution in [2.45, 2.75) is 13.8 Å². The molecule has 0 saturated heterocycles. The van der Waals surface area contributed by atoms with Crippen LogP contribution in [0.2, 0.25) is 0 Å². The van der Waals surface area contributed by atoms with E-state index in [4.69, 9.17) is 5.41 Å². The second kappa shape index (κ2) is 6.48. The summed E-state index contributed by atoms with van der Waals surface area (Å²) >= 11 is 0. The van der Waals surface area contributed by atoms with Crippen molar-refractivity contribution in [2.24, 2.45) is 10.4 Å². The molecule has 0 saturated carbocycles. The molecule has 4 rings (SSSR count). The number of hydrogen-bond acceptors (Lipinski definition) is 2. The minimum Gasteiger partial charge on any atom is -0.300 e. The van der Waals surface area contributed by atoms with Crippen molar-refractivity contribution >= 4 is 23.2 Å². The summed E-state index contributed by atoms with van der Waals surface area (Å²) in [6.07, 6.45) is 4.06. The largest absolute Gasteiger partial charge is 0.300 e. The van der Waals surface area contributed by atoms with Gasteiger partial charge in [0.1, 0.15) is 0 Å². The maximum atomic E-state index is 8.85. The number of benzene rings is 3. The Kier molecular flexibility index (Phi) is 4.12. The number of allylic oxidation sites excluding steroid dienone is 3. The van der Waals surface area contributed by atoms with Gasteiger partial charge in [0, 0.05) is 16.6 Å². The Bertz CT molecular complexity index is 1120. The van der Waals surface area contributed by atoms with Gasteiger partial charge in [-0.1, -0.05) is 80.6 Å². The number of rotatable bonds is 4. The molecular formula is C25H22N2. The minimum atomic E-state index is -0.219. The van der Waals surface area contributed by atoms with Crippen LogP contribution in [0.15, 0.2) is 95.1 Å². The molecule has 0 radical (unpaired) electrons. The molecule has 0 atom stereocenters. The summed E-state index contributed by atoms with van der Waals surface area (Å²) in [7, 11) is 0. The zero-order valence-corrected chi connectivity index (χ0v) is 15.7. The summed E-state index contributed by atoms with van der Waals surface area (Å²) in [6, 6.07) is 23.0. The van der Waals surface area contributed by atoms with Crippen LogP contribution >= 0.6 is 0 Å². The molecule has 0 aromatic heterocycles. The summed E-state index contributed by atoms with van der Waals surface area (Å²) in [6.45, 7) is 7.90. The van der Waals surface area contributed by atoms with E-state index >= 15 is 0 Å². The molecule has 132 valence electrons. The molecule has 0 fully saturated rings. The van der Waals surface area contributed by atoms with Crippen LogP contribution in [-0.2, 0) is 0 Å². The van der Waals surface area contributed by atoms with Crippen LogP contribution in [0.5, 0.6) is 0 Å². The van der Waals surface area contributed by atoms with Gasteiger partial charge in [0.25, 0.3) is 0 Å². The molecule has 0 aliphatic heterocycles. The van der Waals surface area contributed by atoms with Gasteiger partial charge in [-0.3, -0.25) is 10.4 Å². The number of nitrogens with zero attached hydrogens (tertiary/aromatic N) is 1. The smallest absolute Gasteiger partial charge is 0.0681 e. The van der Waals surface area contributed by atoms with Crippen molar-refractivity contribution in [2.75, 3.05) is 0 Å². The summed E-state index contributed by atoms with van der Waals surface area (Å²) in [5, 5.41) is 11.3. The van der Waals surface area contributed by atoms with E-state index in [0.29, 0.717) is 5.71 Å². The first-order chi connectivity index (χ1) is 13.0. The van der Waals surface area contributed by atoms with Gasteiger partial charge in [-0.05, 0) is 40.8 Å². The molecule has 2 nitrogen and oxygen atoms in total. The molecule has 2 heteroatoms. The normalized spacial score (nSPS) is 15.3. The van der Waals surface area contributed by atoms with E-state index < -0.39 is 0 Å². The average Bonchev–Trinajstić information content (AvgIpc) is 3.01. The predicted octanol–water partition coefficient (Wildman–Crippen LogP) is 6.43. The first-order valence-electron chi connectivity index (χ1n) is 9.09. The van der Waals surface area contributed by atoms with Crippen molar-refractivity contribution in [1.29, 1.82) is 5.41 Å². The van der Waals surface area contributed by atoms with Gasteiger partial charge in [0.2, 0.25) is 0 Å². The molecule has 0 bridgehead atoms. The molecule has 0 spiro atoms. The Balaban J connectivity index is 1.82. The molecular weight excluding hydrogens is 328 g/mol. The first-order valence-corrected chi connectivity index (χ1v) is 9.09. The van der Waals surface area contributed by atoms with Gasteiger partial charge in [-0.2, -0.15) is 0 Å². The number of nitrogens with one attached hydrogen (secondary N) is 1. The Hall–Kier alpha value is -3.26. The maximum Gasteiger partial charge on any atom is 0.0681 e. The number of hydrogen-bond donors (Lipinski definition) is 1. The molecule has 0 heterocycles. The Morgan fingerprint density at radius 3 is 2.52 bits per heavy atom. The average molecular weight is 350 g/mol. The van der Waals surface area contributed by atoms with Crippen LogP contribution in [0.3, 0.4) is 0 Å². The topological polar surface area (TPSA) is 36.2 Å². The second-order valence-electron chi connectivity index (χ2n) is 7.46. The van der Waals surface area contributed by atoms with Gasteiger partial charge < -0.3 is 0 Å². The van der Waals surface area contributed by atoms with Crippen LogP contribution in [0.4, 0.5) is 0 Å². The standard InChI is InChI=1S/C25H22N2/c1-25(2)15-14-22(27-3)23(25)24(26)19-11-6-10-18(16-19)21-13-7-9-17-8-4-5-12-20(17)21/h4-16,26H,3H2,1-2H3. The van der Waals surface area contributed by atoms with E-state index in [1.54, 1.807) is 0 Å². The molecule has 3 aromatic carbocycles. The van der Waals surface area contributed by atoms with Crippen molar-refractivity contribution in [3.05, 3.63) is 95.7 Å². The van der Waals surface area contributed by atoms with Gasteiger partial charge in [-0.15, -0.1) is 0 Å². The third-order valence-corrected chi connectivity index (χ3v) is 5.23. The van der Waals surface area contributed by atoms with Crippen LogP contribution in [0, 0.1) is 10.8 Å². The zero-order valence-electron chi connectivity index (χ0n) is 15.7. The van der Waals surface area contributed by atoms with Gasteiger partial charge in [0.05, 0.1) is 11.4 Å². The Morgan fingerprint density at radius 1 is 0.963 bits per heavy atom. The third kappa shape index (κ3) is 2.93. The van der Waals surface area contributed by atoms with Crippen LogP contribution < -0.4 is 0 Å². The van der Waals surface area contributed by atoms with Crippen molar-refractivity contribution in [1.82, 2.24) is 0 Å². The second-order valence-corrected chi connectivity index (χ2v) is 7.46. The van der Waals surface area contributed by atoms with E-state index in [0.717, 1.165) is 22.4 Å². The summed E-state index contributed by atoms with van der Waals surface area (Å²) < 4.78 is 0. The first kappa shape index (κ1) is 17.2. The number of fused-ring (bicyclic) bond motifs is 1. The van der Waals surface area contributed by atoms with Crippen molar-refractivity contribution < 1.29 is 0 Å². The fraction of sp³-hybridized carbons (Fsp3) is 0.120. The van der Waals surface area contributed by atoms with Crippen LogP contribution in [0.25, 0.3) is 21.9 Å². The third-order valence-electron chi connectivity index (χ3n) is 5.23. The van der Waals surface area contributed by atoms with E-state index in [9.17, 15) is 0 Å². The summed E-state index contributed by atoms with van der Waals surface area (Å²) in [4.78, 5) is 4.13. The SMILES string of the molecule is C=NC1=C(C(=N)c2cccc(-c3cccc4ccccc34)c2)C(C)(C)C=C1. The lowest BCUT2D eigenvalue weighted by molar-refractivity contribution is 0.611. The van der Waals surface area contributed by atoms with E-state index in [1.807, 2.05) is 18.2 Å². The monoisotopic (exact) mass is 350 g/mol. The van der Waals surface area contributed by atoms with Crippen LogP contribution in [-0.4, -0.2) is 12.4 Å². The highest BCUT2D eigenvalue weighted by molar-refractivity contribution is 6.13. The molecule has 0 amide bonds.